The molecule has 1 aromatic heterocycles. The van der Waals surface area contributed by atoms with Gasteiger partial charge < -0.3 is 4.90 Å². The van der Waals surface area contributed by atoms with Crippen molar-refractivity contribution in [1.82, 2.24) is 9.29 Å². The molecule has 0 bridgehead atoms. The van der Waals surface area contributed by atoms with Crippen LogP contribution in [0.3, 0.4) is 0 Å². The van der Waals surface area contributed by atoms with Gasteiger partial charge >= 0.3 is 6.18 Å². The molecule has 1 aromatic carbocycles. The lowest BCUT2D eigenvalue weighted by Crippen LogP contribution is -2.35. The third-order valence-corrected chi connectivity index (χ3v) is 6.48. The Hall–Kier alpha value is -2.73. The first-order valence-electron chi connectivity index (χ1n) is 8.62. The second-order valence-corrected chi connectivity index (χ2v) is 8.28. The van der Waals surface area contributed by atoms with Crippen LogP contribution in [0.5, 0.6) is 0 Å². The third kappa shape index (κ3) is 4.48. The average molecular weight is 430 g/mol. The fourth-order valence-corrected chi connectivity index (χ4v) is 4.70. The molecule has 0 aliphatic carbocycles. The number of hydrogen-bond donors (Lipinski definition) is 0. The highest BCUT2D eigenvalue weighted by molar-refractivity contribution is 7.89. The fraction of sp³-hybridized carbons (Fsp3) is 0.353. The molecule has 0 atom stereocenters. The van der Waals surface area contributed by atoms with E-state index in [9.17, 15) is 31.7 Å². The maximum absolute atomic E-state index is 12.9. The van der Waals surface area contributed by atoms with Crippen LogP contribution >= 0.6 is 0 Å². The number of aromatic nitrogens is 1. The number of nitro benzene ring substituents is 1. The minimum absolute atomic E-state index is 0.0249. The normalized spacial score (nSPS) is 16.4. The molecule has 0 radical (unpaired) electrons. The predicted molar refractivity (Wildman–Crippen MR) is 97.9 cm³/mol. The van der Waals surface area contributed by atoms with E-state index in [1.807, 2.05) is 0 Å². The van der Waals surface area contributed by atoms with Crippen molar-refractivity contribution in [2.24, 2.45) is 0 Å². The molecular weight excluding hydrogens is 413 g/mol. The number of alkyl halides is 3. The second kappa shape index (κ2) is 7.95. The van der Waals surface area contributed by atoms with E-state index in [0.29, 0.717) is 18.8 Å². The van der Waals surface area contributed by atoms with E-state index in [1.165, 1.54) is 24.3 Å². The third-order valence-electron chi connectivity index (χ3n) is 4.53. The van der Waals surface area contributed by atoms with Crippen LogP contribution in [0.2, 0.25) is 0 Å². The Kier molecular flexibility index (Phi) is 5.75. The lowest BCUT2D eigenvalue weighted by atomic mass is 10.2. The maximum Gasteiger partial charge on any atom is 0.417 e. The van der Waals surface area contributed by atoms with Crippen molar-refractivity contribution >= 4 is 21.5 Å². The van der Waals surface area contributed by atoms with Crippen molar-refractivity contribution in [1.29, 1.82) is 0 Å². The smallest absolute Gasteiger partial charge is 0.355 e. The van der Waals surface area contributed by atoms with Gasteiger partial charge in [-0.1, -0.05) is 12.1 Å². The van der Waals surface area contributed by atoms with E-state index < -0.39 is 32.4 Å². The highest BCUT2D eigenvalue weighted by Crippen LogP contribution is 2.30. The quantitative estimate of drug-likeness (QED) is 0.547. The molecule has 0 saturated carbocycles. The van der Waals surface area contributed by atoms with Gasteiger partial charge in [0.1, 0.15) is 5.82 Å². The zero-order chi connectivity index (χ0) is 21.2. The SMILES string of the molecule is O=[N+]([O-])c1ccccc1S(=O)(=O)N1CCCN(c2ccc(C(F)(F)F)cn2)CC1. The number of anilines is 1. The van der Waals surface area contributed by atoms with Gasteiger partial charge in [-0.3, -0.25) is 10.1 Å². The number of para-hydroxylation sites is 1. The molecule has 1 aliphatic rings. The van der Waals surface area contributed by atoms with Crippen LogP contribution in [-0.4, -0.2) is 48.8 Å². The van der Waals surface area contributed by atoms with E-state index >= 15 is 0 Å². The van der Waals surface area contributed by atoms with Crippen LogP contribution < -0.4 is 4.90 Å². The standard InChI is InChI=1S/C17H17F3N4O4S/c18-17(19,20)13-6-7-16(21-12-13)22-8-3-9-23(11-10-22)29(27,28)15-5-2-1-4-14(15)24(25)26/h1-2,4-7,12H,3,8-11H2. The molecule has 0 unspecified atom stereocenters. The number of sulfonamides is 1. The van der Waals surface area contributed by atoms with Crippen molar-refractivity contribution < 1.29 is 26.5 Å². The second-order valence-electron chi connectivity index (χ2n) is 6.37. The van der Waals surface area contributed by atoms with E-state index in [0.717, 1.165) is 22.6 Å². The molecule has 12 heteroatoms. The number of hydrogen-bond acceptors (Lipinski definition) is 6. The topological polar surface area (TPSA) is 96.6 Å². The number of nitrogens with zero attached hydrogens (tertiary/aromatic N) is 4. The molecule has 1 aliphatic heterocycles. The van der Waals surface area contributed by atoms with Crippen molar-refractivity contribution in [2.75, 3.05) is 31.1 Å². The Labute approximate surface area is 164 Å². The first-order chi connectivity index (χ1) is 13.6. The van der Waals surface area contributed by atoms with Gasteiger partial charge in [-0.15, -0.1) is 0 Å². The van der Waals surface area contributed by atoms with Gasteiger partial charge in [-0.25, -0.2) is 13.4 Å². The summed E-state index contributed by atoms with van der Waals surface area (Å²) in [5, 5.41) is 11.2. The number of nitro groups is 1. The Morgan fingerprint density at radius 2 is 1.76 bits per heavy atom. The van der Waals surface area contributed by atoms with Crippen LogP contribution in [0.25, 0.3) is 0 Å². The summed E-state index contributed by atoms with van der Waals surface area (Å²) in [6.07, 6.45) is -3.36. The van der Waals surface area contributed by atoms with E-state index in [2.05, 4.69) is 4.98 Å². The molecule has 0 N–H and O–H groups in total. The molecular formula is C17H17F3N4O4S. The summed E-state index contributed by atoms with van der Waals surface area (Å²) in [5.41, 5.74) is -1.37. The molecule has 3 rings (SSSR count). The van der Waals surface area contributed by atoms with Crippen molar-refractivity contribution in [3.05, 3.63) is 58.3 Å². The zero-order valence-electron chi connectivity index (χ0n) is 15.0. The molecule has 1 fully saturated rings. The number of rotatable bonds is 4. The van der Waals surface area contributed by atoms with E-state index in [1.54, 1.807) is 4.90 Å². The van der Waals surface area contributed by atoms with Gasteiger partial charge in [0.25, 0.3) is 5.69 Å². The summed E-state index contributed by atoms with van der Waals surface area (Å²) in [4.78, 5) is 15.6. The molecule has 29 heavy (non-hydrogen) atoms. The summed E-state index contributed by atoms with van der Waals surface area (Å²) in [5.74, 6) is 0.308. The molecule has 2 heterocycles. The van der Waals surface area contributed by atoms with Crippen molar-refractivity contribution in [3.8, 4) is 0 Å². The minimum Gasteiger partial charge on any atom is -0.355 e. The van der Waals surface area contributed by atoms with Crippen LogP contribution in [0, 0.1) is 10.1 Å². The minimum atomic E-state index is -4.49. The summed E-state index contributed by atoms with van der Waals surface area (Å²) in [6, 6.07) is 7.29. The molecule has 2 aromatic rings. The Morgan fingerprint density at radius 3 is 2.38 bits per heavy atom. The average Bonchev–Trinajstić information content (AvgIpc) is 2.94. The first-order valence-corrected chi connectivity index (χ1v) is 10.1. The van der Waals surface area contributed by atoms with Gasteiger partial charge in [0.05, 0.1) is 10.5 Å². The van der Waals surface area contributed by atoms with Crippen LogP contribution in [0.15, 0.2) is 47.5 Å². The van der Waals surface area contributed by atoms with E-state index in [-0.39, 0.29) is 24.5 Å². The highest BCUT2D eigenvalue weighted by atomic mass is 32.2. The van der Waals surface area contributed by atoms with Crippen molar-refractivity contribution in [2.45, 2.75) is 17.5 Å². The molecule has 0 amide bonds. The van der Waals surface area contributed by atoms with E-state index in [4.69, 9.17) is 0 Å². The fourth-order valence-electron chi connectivity index (χ4n) is 3.07. The molecule has 8 nitrogen and oxygen atoms in total. The van der Waals surface area contributed by atoms with Gasteiger partial charge in [-0.05, 0) is 24.6 Å². The Balaban J connectivity index is 1.79. The number of benzene rings is 1. The Bertz CT molecular complexity index is 996. The lowest BCUT2D eigenvalue weighted by molar-refractivity contribution is -0.387. The van der Waals surface area contributed by atoms with Gasteiger partial charge in [0.15, 0.2) is 4.90 Å². The van der Waals surface area contributed by atoms with Crippen LogP contribution in [0.1, 0.15) is 12.0 Å². The van der Waals surface area contributed by atoms with Crippen LogP contribution in [-0.2, 0) is 16.2 Å². The number of halogens is 3. The van der Waals surface area contributed by atoms with Gasteiger partial charge in [0, 0.05) is 38.4 Å². The molecule has 1 saturated heterocycles. The lowest BCUT2D eigenvalue weighted by Gasteiger charge is -2.23. The first kappa shape index (κ1) is 21.0. The van der Waals surface area contributed by atoms with Gasteiger partial charge in [0.2, 0.25) is 10.0 Å². The van der Waals surface area contributed by atoms with Gasteiger partial charge in [-0.2, -0.15) is 17.5 Å². The highest BCUT2D eigenvalue weighted by Gasteiger charge is 2.33. The predicted octanol–water partition coefficient (Wildman–Crippen LogP) is 2.91. The summed E-state index contributed by atoms with van der Waals surface area (Å²) < 4.78 is 65.1. The monoisotopic (exact) mass is 430 g/mol. The summed E-state index contributed by atoms with van der Waals surface area (Å²) >= 11 is 0. The van der Waals surface area contributed by atoms with Crippen LogP contribution in [0.4, 0.5) is 24.7 Å². The van der Waals surface area contributed by atoms with Crippen molar-refractivity contribution in [3.63, 3.8) is 0 Å². The zero-order valence-corrected chi connectivity index (χ0v) is 15.9. The maximum atomic E-state index is 12.9. The summed E-state index contributed by atoms with van der Waals surface area (Å²) in [7, 11) is -4.10. The largest absolute Gasteiger partial charge is 0.417 e. The number of pyridine rings is 1. The Morgan fingerprint density at radius 1 is 1.03 bits per heavy atom. The molecule has 0 spiro atoms. The molecule has 156 valence electrons. The summed E-state index contributed by atoms with van der Waals surface area (Å²) in [6.45, 7) is 0.738.